The lowest BCUT2D eigenvalue weighted by molar-refractivity contribution is -0.114. The van der Waals surface area contributed by atoms with Crippen molar-refractivity contribution in [1.29, 1.82) is 0 Å². The maximum absolute atomic E-state index is 11.1. The fourth-order valence-corrected chi connectivity index (χ4v) is 2.82. The average molecular weight is 265 g/mol. The Bertz CT molecular complexity index is 499. The predicted octanol–water partition coefficient (Wildman–Crippen LogP) is 2.79. The molecule has 1 aromatic heterocycles. The molecule has 1 N–H and O–H groups in total. The lowest BCUT2D eigenvalue weighted by Crippen LogP contribution is -2.07. The lowest BCUT2D eigenvalue weighted by Gasteiger charge is -2.08. The predicted molar refractivity (Wildman–Crippen MR) is 70.2 cm³/mol. The third kappa shape index (κ3) is 3.54. The minimum atomic E-state index is -0.0571. The van der Waals surface area contributed by atoms with Crippen LogP contribution in [0.15, 0.2) is 34.1 Å². The number of hydrogen-bond donors (Lipinski definition) is 1. The highest BCUT2D eigenvalue weighted by atomic mass is 32.2. The summed E-state index contributed by atoms with van der Waals surface area (Å²) in [6.45, 7) is 1.51. The van der Waals surface area contributed by atoms with Crippen LogP contribution in [0.2, 0.25) is 0 Å². The number of amides is 1. The summed E-state index contributed by atoms with van der Waals surface area (Å²) in [4.78, 5) is 11.1. The third-order valence-corrected chi connectivity index (χ3v) is 3.93. The summed E-state index contributed by atoms with van der Waals surface area (Å²) in [5.41, 5.74) is 3.65. The zero-order valence-corrected chi connectivity index (χ0v) is 10.8. The Morgan fingerprint density at radius 3 is 3.00 bits per heavy atom. The van der Waals surface area contributed by atoms with Crippen LogP contribution in [0.5, 0.6) is 0 Å². The molecule has 1 heterocycles. The molecule has 0 saturated heterocycles. The molecule has 1 aromatic carbocycles. The molecule has 0 spiro atoms. The molecule has 0 fully saturated rings. The van der Waals surface area contributed by atoms with Gasteiger partial charge in [0.1, 0.15) is 5.51 Å². The molecule has 0 aliphatic carbocycles. The van der Waals surface area contributed by atoms with Crippen molar-refractivity contribution in [2.75, 3.05) is 5.32 Å². The van der Waals surface area contributed by atoms with Gasteiger partial charge in [-0.15, -0.1) is 10.2 Å². The molecule has 0 unspecified atom stereocenters. The van der Waals surface area contributed by atoms with Crippen LogP contribution in [0.4, 0.5) is 5.69 Å². The van der Waals surface area contributed by atoms with E-state index in [1.54, 1.807) is 17.3 Å². The van der Waals surface area contributed by atoms with Gasteiger partial charge < -0.3 is 5.32 Å². The van der Waals surface area contributed by atoms with Crippen LogP contribution in [-0.4, -0.2) is 16.1 Å². The van der Waals surface area contributed by atoms with E-state index in [0.29, 0.717) is 0 Å². The highest BCUT2D eigenvalue weighted by molar-refractivity contribution is 8.00. The van der Waals surface area contributed by atoms with E-state index in [4.69, 9.17) is 0 Å². The molecule has 17 heavy (non-hydrogen) atoms. The lowest BCUT2D eigenvalue weighted by atomic mass is 10.2. The molecule has 0 atom stereocenters. The Labute approximate surface area is 107 Å². The minimum absolute atomic E-state index is 0.0571. The van der Waals surface area contributed by atoms with Crippen molar-refractivity contribution in [2.24, 2.45) is 0 Å². The molecule has 88 valence electrons. The van der Waals surface area contributed by atoms with Gasteiger partial charge in [0.15, 0.2) is 4.34 Å². The van der Waals surface area contributed by atoms with Crippen molar-refractivity contribution in [3.8, 4) is 0 Å². The monoisotopic (exact) mass is 265 g/mol. The van der Waals surface area contributed by atoms with Crippen LogP contribution >= 0.6 is 23.1 Å². The van der Waals surface area contributed by atoms with Gasteiger partial charge in [0.25, 0.3) is 0 Å². The first-order chi connectivity index (χ1) is 8.25. The normalized spacial score (nSPS) is 10.2. The highest BCUT2D eigenvalue weighted by Gasteiger charge is 2.05. The minimum Gasteiger partial charge on any atom is -0.326 e. The van der Waals surface area contributed by atoms with Gasteiger partial charge in [-0.3, -0.25) is 4.79 Å². The summed E-state index contributed by atoms with van der Waals surface area (Å²) in [6, 6.07) is 7.77. The maximum atomic E-state index is 11.1. The van der Waals surface area contributed by atoms with Crippen LogP contribution in [-0.2, 0) is 10.5 Å². The van der Waals surface area contributed by atoms with E-state index in [9.17, 15) is 4.79 Å². The second-order valence-electron chi connectivity index (χ2n) is 3.33. The number of aromatic nitrogens is 2. The first-order valence-corrected chi connectivity index (χ1v) is 6.86. The van der Waals surface area contributed by atoms with Gasteiger partial charge in [-0.1, -0.05) is 41.3 Å². The van der Waals surface area contributed by atoms with Crippen LogP contribution in [0.3, 0.4) is 0 Å². The molecular formula is C11H11N3OS2. The van der Waals surface area contributed by atoms with E-state index >= 15 is 0 Å². The number of nitrogens with zero attached hydrogens (tertiary/aromatic N) is 2. The highest BCUT2D eigenvalue weighted by Crippen LogP contribution is 2.27. The summed E-state index contributed by atoms with van der Waals surface area (Å²) < 4.78 is 0.933. The molecule has 0 saturated carbocycles. The van der Waals surface area contributed by atoms with Crippen molar-refractivity contribution in [1.82, 2.24) is 10.2 Å². The van der Waals surface area contributed by atoms with Gasteiger partial charge in [0.2, 0.25) is 5.91 Å². The molecule has 0 bridgehead atoms. The van der Waals surface area contributed by atoms with E-state index in [-0.39, 0.29) is 5.91 Å². The Morgan fingerprint density at radius 1 is 1.47 bits per heavy atom. The number of thioether (sulfide) groups is 1. The van der Waals surface area contributed by atoms with E-state index in [2.05, 4.69) is 15.5 Å². The van der Waals surface area contributed by atoms with Crippen molar-refractivity contribution in [3.05, 3.63) is 35.3 Å². The smallest absolute Gasteiger partial charge is 0.221 e. The molecule has 0 aliphatic heterocycles. The standard InChI is InChI=1S/C11H11N3OS2/c1-8(15)13-10-5-3-2-4-9(10)6-16-11-14-12-7-17-11/h2-5,7H,6H2,1H3,(H,13,15). The Hall–Kier alpha value is -1.40. The first kappa shape index (κ1) is 12.1. The number of carbonyl (C=O) groups is 1. The molecule has 6 heteroatoms. The van der Waals surface area contributed by atoms with Crippen molar-refractivity contribution >= 4 is 34.7 Å². The van der Waals surface area contributed by atoms with E-state index in [0.717, 1.165) is 21.3 Å². The van der Waals surface area contributed by atoms with Crippen molar-refractivity contribution < 1.29 is 4.79 Å². The van der Waals surface area contributed by atoms with E-state index in [1.807, 2.05) is 24.3 Å². The average Bonchev–Trinajstić information content (AvgIpc) is 2.80. The number of para-hydroxylation sites is 1. The van der Waals surface area contributed by atoms with Crippen molar-refractivity contribution in [3.63, 3.8) is 0 Å². The van der Waals surface area contributed by atoms with Crippen LogP contribution < -0.4 is 5.32 Å². The second-order valence-corrected chi connectivity index (χ2v) is 5.39. The summed E-state index contributed by atoms with van der Waals surface area (Å²) in [5.74, 6) is 0.712. The summed E-state index contributed by atoms with van der Waals surface area (Å²) in [5, 5.41) is 10.6. The molecular weight excluding hydrogens is 254 g/mol. The van der Waals surface area contributed by atoms with Gasteiger partial charge in [-0.2, -0.15) is 0 Å². The van der Waals surface area contributed by atoms with Gasteiger partial charge >= 0.3 is 0 Å². The fraction of sp³-hybridized carbons (Fsp3) is 0.182. The van der Waals surface area contributed by atoms with Gasteiger partial charge in [-0.25, -0.2) is 0 Å². The molecule has 0 aliphatic rings. The zero-order chi connectivity index (χ0) is 12.1. The largest absolute Gasteiger partial charge is 0.326 e. The molecule has 2 rings (SSSR count). The summed E-state index contributed by atoms with van der Waals surface area (Å²) in [7, 11) is 0. The molecule has 2 aromatic rings. The van der Waals surface area contributed by atoms with Gasteiger partial charge in [0.05, 0.1) is 0 Å². The quantitative estimate of drug-likeness (QED) is 0.864. The Kier molecular flexibility index (Phi) is 4.11. The number of carbonyl (C=O) groups excluding carboxylic acids is 1. The number of benzene rings is 1. The number of rotatable bonds is 4. The van der Waals surface area contributed by atoms with Gasteiger partial charge in [-0.05, 0) is 11.6 Å². The zero-order valence-electron chi connectivity index (χ0n) is 9.21. The Balaban J connectivity index is 2.06. The third-order valence-electron chi connectivity index (χ3n) is 2.02. The SMILES string of the molecule is CC(=O)Nc1ccccc1CSc1nncs1. The topological polar surface area (TPSA) is 54.9 Å². The maximum Gasteiger partial charge on any atom is 0.221 e. The van der Waals surface area contributed by atoms with E-state index in [1.165, 1.54) is 18.3 Å². The van der Waals surface area contributed by atoms with Crippen LogP contribution in [0, 0.1) is 0 Å². The van der Waals surface area contributed by atoms with Crippen LogP contribution in [0.25, 0.3) is 0 Å². The van der Waals surface area contributed by atoms with E-state index < -0.39 is 0 Å². The molecule has 4 nitrogen and oxygen atoms in total. The number of nitrogens with one attached hydrogen (secondary N) is 1. The Morgan fingerprint density at radius 2 is 2.29 bits per heavy atom. The first-order valence-electron chi connectivity index (χ1n) is 5.00. The fourth-order valence-electron chi connectivity index (χ4n) is 1.32. The van der Waals surface area contributed by atoms with Crippen LogP contribution in [0.1, 0.15) is 12.5 Å². The number of anilines is 1. The number of hydrogen-bond acceptors (Lipinski definition) is 5. The summed E-state index contributed by atoms with van der Waals surface area (Å²) >= 11 is 3.13. The van der Waals surface area contributed by atoms with Crippen molar-refractivity contribution in [2.45, 2.75) is 17.0 Å². The second kappa shape index (κ2) is 5.79. The molecule has 0 radical (unpaired) electrons. The molecule has 1 amide bonds. The van der Waals surface area contributed by atoms with Gasteiger partial charge in [0, 0.05) is 18.4 Å². The summed E-state index contributed by atoms with van der Waals surface area (Å²) in [6.07, 6.45) is 0.